The number of ether oxygens (including phenoxy) is 1. The SMILES string of the molecule is C=CCNCC(=O)NCCOC1CCCC1. The molecule has 0 radical (unpaired) electrons. The second-order valence-electron chi connectivity index (χ2n) is 4.05. The molecule has 1 fully saturated rings. The summed E-state index contributed by atoms with van der Waals surface area (Å²) in [6.45, 7) is 5.79. The first-order chi connectivity index (χ1) is 7.83. The minimum atomic E-state index is 0.0110. The van der Waals surface area contributed by atoms with Crippen molar-refractivity contribution >= 4 is 5.91 Å². The summed E-state index contributed by atoms with van der Waals surface area (Å²) in [7, 11) is 0. The molecule has 0 spiro atoms. The van der Waals surface area contributed by atoms with Crippen molar-refractivity contribution < 1.29 is 9.53 Å². The molecule has 92 valence electrons. The maximum atomic E-state index is 11.3. The Morgan fingerprint density at radius 3 is 2.88 bits per heavy atom. The third kappa shape index (κ3) is 5.88. The molecule has 4 nitrogen and oxygen atoms in total. The largest absolute Gasteiger partial charge is 0.376 e. The lowest BCUT2D eigenvalue weighted by Gasteiger charge is -2.11. The molecule has 0 aliphatic heterocycles. The van der Waals surface area contributed by atoms with Crippen LogP contribution in [0, 0.1) is 0 Å². The fraction of sp³-hybridized carbons (Fsp3) is 0.750. The Bertz CT molecular complexity index is 213. The number of amides is 1. The van der Waals surface area contributed by atoms with Gasteiger partial charge in [0.05, 0.1) is 19.3 Å². The van der Waals surface area contributed by atoms with Gasteiger partial charge >= 0.3 is 0 Å². The quantitative estimate of drug-likeness (QED) is 0.476. The first kappa shape index (κ1) is 13.2. The highest BCUT2D eigenvalue weighted by Crippen LogP contribution is 2.20. The first-order valence-corrected chi connectivity index (χ1v) is 6.03. The van der Waals surface area contributed by atoms with E-state index in [0.29, 0.717) is 32.3 Å². The van der Waals surface area contributed by atoms with Gasteiger partial charge in [-0.15, -0.1) is 6.58 Å². The van der Waals surface area contributed by atoms with E-state index in [2.05, 4.69) is 17.2 Å². The van der Waals surface area contributed by atoms with Crippen molar-refractivity contribution in [3.05, 3.63) is 12.7 Å². The third-order valence-corrected chi connectivity index (χ3v) is 2.65. The topological polar surface area (TPSA) is 50.4 Å². The maximum absolute atomic E-state index is 11.3. The molecule has 0 saturated heterocycles. The standard InChI is InChI=1S/C12H22N2O2/c1-2-7-13-10-12(15)14-8-9-16-11-5-3-4-6-11/h2,11,13H,1,3-10H2,(H,14,15). The lowest BCUT2D eigenvalue weighted by molar-refractivity contribution is -0.120. The average Bonchev–Trinajstić information content (AvgIpc) is 2.78. The molecule has 2 N–H and O–H groups in total. The van der Waals surface area contributed by atoms with Crippen LogP contribution in [0.15, 0.2) is 12.7 Å². The molecule has 0 aromatic rings. The van der Waals surface area contributed by atoms with Gasteiger partial charge in [0, 0.05) is 13.1 Å². The van der Waals surface area contributed by atoms with Gasteiger partial charge in [0.25, 0.3) is 0 Å². The van der Waals surface area contributed by atoms with Gasteiger partial charge in [-0.2, -0.15) is 0 Å². The number of carbonyl (C=O) groups is 1. The van der Waals surface area contributed by atoms with E-state index in [-0.39, 0.29) is 5.91 Å². The van der Waals surface area contributed by atoms with Crippen LogP contribution in [0.1, 0.15) is 25.7 Å². The van der Waals surface area contributed by atoms with Crippen molar-refractivity contribution in [1.29, 1.82) is 0 Å². The molecule has 0 atom stereocenters. The molecule has 1 aliphatic carbocycles. The van der Waals surface area contributed by atoms with Gasteiger partial charge in [-0.3, -0.25) is 4.79 Å². The summed E-state index contributed by atoms with van der Waals surface area (Å²) in [5.74, 6) is 0.0110. The van der Waals surface area contributed by atoms with Crippen LogP contribution in [-0.4, -0.2) is 38.3 Å². The zero-order valence-corrected chi connectivity index (χ0v) is 9.84. The second kappa shape index (κ2) is 8.30. The van der Waals surface area contributed by atoms with Crippen LogP contribution in [0.3, 0.4) is 0 Å². The Morgan fingerprint density at radius 1 is 1.44 bits per heavy atom. The predicted molar refractivity (Wildman–Crippen MR) is 64.3 cm³/mol. The predicted octanol–water partition coefficient (Wildman–Crippen LogP) is 0.837. The van der Waals surface area contributed by atoms with Crippen LogP contribution in [0.4, 0.5) is 0 Å². The number of hydrogen-bond acceptors (Lipinski definition) is 3. The van der Waals surface area contributed by atoms with Gasteiger partial charge in [-0.25, -0.2) is 0 Å². The highest BCUT2D eigenvalue weighted by Gasteiger charge is 2.14. The van der Waals surface area contributed by atoms with E-state index in [1.165, 1.54) is 25.7 Å². The fourth-order valence-electron chi connectivity index (χ4n) is 1.82. The first-order valence-electron chi connectivity index (χ1n) is 6.03. The van der Waals surface area contributed by atoms with Gasteiger partial charge < -0.3 is 15.4 Å². The molecule has 0 aromatic heterocycles. The molecule has 16 heavy (non-hydrogen) atoms. The summed E-state index contributed by atoms with van der Waals surface area (Å²) in [6, 6.07) is 0. The molecule has 1 aliphatic rings. The lowest BCUT2D eigenvalue weighted by Crippen LogP contribution is -2.36. The summed E-state index contributed by atoms with van der Waals surface area (Å²) in [5, 5.41) is 5.75. The van der Waals surface area contributed by atoms with E-state index in [1.54, 1.807) is 6.08 Å². The van der Waals surface area contributed by atoms with Crippen LogP contribution in [0.25, 0.3) is 0 Å². The van der Waals surface area contributed by atoms with E-state index in [0.717, 1.165) is 0 Å². The van der Waals surface area contributed by atoms with Crippen molar-refractivity contribution in [3.63, 3.8) is 0 Å². The normalized spacial score (nSPS) is 16.2. The minimum absolute atomic E-state index is 0.0110. The second-order valence-corrected chi connectivity index (χ2v) is 4.05. The summed E-state index contributed by atoms with van der Waals surface area (Å²) >= 11 is 0. The van der Waals surface area contributed by atoms with Crippen LogP contribution in [0.2, 0.25) is 0 Å². The molecule has 0 bridgehead atoms. The van der Waals surface area contributed by atoms with E-state index < -0.39 is 0 Å². The summed E-state index contributed by atoms with van der Waals surface area (Å²) in [4.78, 5) is 11.3. The molecular formula is C12H22N2O2. The van der Waals surface area contributed by atoms with E-state index in [1.807, 2.05) is 0 Å². The van der Waals surface area contributed by atoms with Gasteiger partial charge in [0.15, 0.2) is 0 Å². The number of hydrogen-bond donors (Lipinski definition) is 2. The van der Waals surface area contributed by atoms with Gasteiger partial charge in [-0.1, -0.05) is 18.9 Å². The van der Waals surface area contributed by atoms with Crippen molar-refractivity contribution in [3.8, 4) is 0 Å². The molecule has 1 rings (SSSR count). The Morgan fingerprint density at radius 2 is 2.19 bits per heavy atom. The fourth-order valence-corrected chi connectivity index (χ4v) is 1.82. The maximum Gasteiger partial charge on any atom is 0.234 e. The van der Waals surface area contributed by atoms with Gasteiger partial charge in [-0.05, 0) is 12.8 Å². The van der Waals surface area contributed by atoms with Crippen molar-refractivity contribution in [2.75, 3.05) is 26.2 Å². The smallest absolute Gasteiger partial charge is 0.234 e. The van der Waals surface area contributed by atoms with E-state index in [9.17, 15) is 4.79 Å². The monoisotopic (exact) mass is 226 g/mol. The number of nitrogens with one attached hydrogen (secondary N) is 2. The highest BCUT2D eigenvalue weighted by molar-refractivity contribution is 5.77. The molecule has 1 amide bonds. The minimum Gasteiger partial charge on any atom is -0.376 e. The van der Waals surface area contributed by atoms with Gasteiger partial charge in [0.1, 0.15) is 0 Å². The van der Waals surface area contributed by atoms with E-state index in [4.69, 9.17) is 4.74 Å². The molecule has 4 heteroatoms. The van der Waals surface area contributed by atoms with Crippen LogP contribution in [-0.2, 0) is 9.53 Å². The molecular weight excluding hydrogens is 204 g/mol. The lowest BCUT2D eigenvalue weighted by atomic mass is 10.3. The number of carbonyl (C=O) groups excluding carboxylic acids is 1. The average molecular weight is 226 g/mol. The zero-order chi connectivity index (χ0) is 11.6. The molecule has 0 heterocycles. The van der Waals surface area contributed by atoms with Crippen LogP contribution < -0.4 is 10.6 Å². The third-order valence-electron chi connectivity index (χ3n) is 2.65. The summed E-state index contributed by atoms with van der Waals surface area (Å²) in [6.07, 6.45) is 7.07. The van der Waals surface area contributed by atoms with Crippen LogP contribution in [0.5, 0.6) is 0 Å². The van der Waals surface area contributed by atoms with Crippen LogP contribution >= 0.6 is 0 Å². The van der Waals surface area contributed by atoms with Crippen molar-refractivity contribution in [2.45, 2.75) is 31.8 Å². The Hall–Kier alpha value is -0.870. The molecule has 0 aromatic carbocycles. The highest BCUT2D eigenvalue weighted by atomic mass is 16.5. The Kier molecular flexibility index (Phi) is 6.85. The Balaban J connectivity index is 1.89. The summed E-state index contributed by atoms with van der Waals surface area (Å²) < 4.78 is 5.63. The Labute approximate surface area is 97.4 Å². The van der Waals surface area contributed by atoms with Crippen molar-refractivity contribution in [2.24, 2.45) is 0 Å². The van der Waals surface area contributed by atoms with Gasteiger partial charge in [0.2, 0.25) is 5.91 Å². The summed E-state index contributed by atoms with van der Waals surface area (Å²) in [5.41, 5.74) is 0. The molecule has 0 unspecified atom stereocenters. The molecule has 1 saturated carbocycles. The number of rotatable bonds is 8. The van der Waals surface area contributed by atoms with Crippen molar-refractivity contribution in [1.82, 2.24) is 10.6 Å². The zero-order valence-electron chi connectivity index (χ0n) is 9.84. The van der Waals surface area contributed by atoms with E-state index >= 15 is 0 Å².